The van der Waals surface area contributed by atoms with E-state index in [0.717, 1.165) is 5.56 Å². The van der Waals surface area contributed by atoms with Crippen LogP contribution in [-0.4, -0.2) is 29.7 Å². The Morgan fingerprint density at radius 1 is 1.08 bits per heavy atom. The van der Waals surface area contributed by atoms with E-state index in [-0.39, 0.29) is 17.7 Å². The first-order chi connectivity index (χ1) is 11.8. The number of halogens is 2. The Bertz CT molecular complexity index is 775. The Morgan fingerprint density at radius 3 is 2.28 bits per heavy atom. The molecule has 0 heterocycles. The van der Waals surface area contributed by atoms with Crippen LogP contribution in [0.25, 0.3) is 0 Å². The number of hydrogen-bond acceptors (Lipinski definition) is 3. The summed E-state index contributed by atoms with van der Waals surface area (Å²) in [6, 6.07) is 11.9. The number of carbonyl (C=O) groups excluding carboxylic acids is 2. The average Bonchev–Trinajstić information content (AvgIpc) is 2.57. The summed E-state index contributed by atoms with van der Waals surface area (Å²) in [6.45, 7) is 3.90. The number of Topliss-reactive ketones (excluding diaryl/α,β-unsaturated/α-hetero) is 1. The van der Waals surface area contributed by atoms with Crippen LogP contribution in [0.1, 0.15) is 29.8 Å². The third-order valence-corrected chi connectivity index (χ3v) is 4.75. The van der Waals surface area contributed by atoms with Crippen molar-refractivity contribution in [1.29, 1.82) is 0 Å². The molecule has 0 fully saturated rings. The average molecular weight is 379 g/mol. The molecule has 1 unspecified atom stereocenters. The number of rotatable bonds is 6. The van der Waals surface area contributed by atoms with Crippen molar-refractivity contribution >= 4 is 40.6 Å². The minimum atomic E-state index is -0.345. The molecule has 4 nitrogen and oxygen atoms in total. The van der Waals surface area contributed by atoms with E-state index in [1.54, 1.807) is 36.4 Å². The molecule has 1 amide bonds. The zero-order chi connectivity index (χ0) is 18.6. The summed E-state index contributed by atoms with van der Waals surface area (Å²) in [6.07, 6.45) is 0. The molecule has 0 radical (unpaired) electrons. The van der Waals surface area contributed by atoms with E-state index < -0.39 is 0 Å². The maximum Gasteiger partial charge on any atom is 0.241 e. The first-order valence-corrected chi connectivity index (χ1v) is 8.59. The highest BCUT2D eigenvalue weighted by atomic mass is 35.5. The lowest BCUT2D eigenvalue weighted by atomic mass is 10.1. The van der Waals surface area contributed by atoms with Crippen molar-refractivity contribution in [2.75, 3.05) is 12.4 Å². The van der Waals surface area contributed by atoms with E-state index in [1.807, 2.05) is 24.9 Å². The van der Waals surface area contributed by atoms with Gasteiger partial charge in [0.05, 0.1) is 16.1 Å². The quantitative estimate of drug-likeness (QED) is 0.743. The molecule has 0 aliphatic heterocycles. The number of hydrogen-bond donors (Lipinski definition) is 1. The highest BCUT2D eigenvalue weighted by molar-refractivity contribution is 6.42. The van der Waals surface area contributed by atoms with Crippen LogP contribution in [0.5, 0.6) is 0 Å². The van der Waals surface area contributed by atoms with Crippen molar-refractivity contribution in [2.45, 2.75) is 26.4 Å². The molecule has 2 aromatic carbocycles. The number of ketones is 1. The fraction of sp³-hybridized carbons (Fsp3) is 0.263. The van der Waals surface area contributed by atoms with Gasteiger partial charge in [-0.2, -0.15) is 0 Å². The fourth-order valence-corrected chi connectivity index (χ4v) is 2.62. The Kier molecular flexibility index (Phi) is 6.59. The van der Waals surface area contributed by atoms with Gasteiger partial charge in [0.2, 0.25) is 5.91 Å². The summed E-state index contributed by atoms with van der Waals surface area (Å²) in [5, 5.41) is 3.86. The number of anilines is 1. The molecule has 2 aromatic rings. The number of likely N-dealkylation sites (N-methyl/N-ethyl adjacent to an activating group) is 1. The second kappa shape index (κ2) is 8.48. The van der Waals surface area contributed by atoms with Gasteiger partial charge in [-0.3, -0.25) is 14.5 Å². The molecule has 1 N–H and O–H groups in total. The van der Waals surface area contributed by atoms with Gasteiger partial charge in [0.15, 0.2) is 5.78 Å². The molecule has 1 atom stereocenters. The van der Waals surface area contributed by atoms with Gasteiger partial charge < -0.3 is 5.32 Å². The van der Waals surface area contributed by atoms with Crippen molar-refractivity contribution in [2.24, 2.45) is 0 Å². The zero-order valence-corrected chi connectivity index (χ0v) is 15.9. The third-order valence-electron chi connectivity index (χ3n) is 4.02. The highest BCUT2D eigenvalue weighted by Crippen LogP contribution is 2.23. The Labute approximate surface area is 157 Å². The molecule has 132 valence electrons. The minimum absolute atomic E-state index is 0.00685. The van der Waals surface area contributed by atoms with Gasteiger partial charge in [-0.25, -0.2) is 0 Å². The van der Waals surface area contributed by atoms with E-state index in [1.165, 1.54) is 6.92 Å². The lowest BCUT2D eigenvalue weighted by Gasteiger charge is -2.24. The first kappa shape index (κ1) is 19.4. The van der Waals surface area contributed by atoms with Gasteiger partial charge in [-0.15, -0.1) is 0 Å². The predicted molar refractivity (Wildman–Crippen MR) is 102 cm³/mol. The Hall–Kier alpha value is -1.88. The van der Waals surface area contributed by atoms with Gasteiger partial charge in [-0.1, -0.05) is 29.3 Å². The van der Waals surface area contributed by atoms with Gasteiger partial charge in [0, 0.05) is 17.8 Å². The van der Waals surface area contributed by atoms with Crippen molar-refractivity contribution < 1.29 is 9.59 Å². The maximum absolute atomic E-state index is 12.4. The molecular weight excluding hydrogens is 359 g/mol. The summed E-state index contributed by atoms with van der Waals surface area (Å²) in [7, 11) is 1.87. The van der Waals surface area contributed by atoms with Crippen LogP contribution in [-0.2, 0) is 11.3 Å². The summed E-state index contributed by atoms with van der Waals surface area (Å²) < 4.78 is 0. The third kappa shape index (κ3) is 5.30. The molecule has 0 spiro atoms. The molecular formula is C19H20Cl2N2O2. The minimum Gasteiger partial charge on any atom is -0.325 e. The standard InChI is InChI=1S/C19H20Cl2N2O2/c1-12(23(3)11-14-4-9-17(20)18(21)10-14)19(25)22-16-7-5-15(6-8-16)13(2)24/h4-10,12H,11H2,1-3H3,(H,22,25). The summed E-state index contributed by atoms with van der Waals surface area (Å²) in [5.74, 6) is -0.134. The molecule has 0 aliphatic carbocycles. The number of nitrogens with one attached hydrogen (secondary N) is 1. The first-order valence-electron chi connectivity index (χ1n) is 7.84. The van der Waals surface area contributed by atoms with Crippen LogP contribution in [0.3, 0.4) is 0 Å². The molecule has 0 aliphatic rings. The smallest absolute Gasteiger partial charge is 0.241 e. The van der Waals surface area contributed by atoms with Crippen LogP contribution >= 0.6 is 23.2 Å². The molecule has 0 saturated heterocycles. The number of nitrogens with zero attached hydrogens (tertiary/aromatic N) is 1. The molecule has 0 aromatic heterocycles. The highest BCUT2D eigenvalue weighted by Gasteiger charge is 2.18. The van der Waals surface area contributed by atoms with Crippen molar-refractivity contribution in [3.05, 3.63) is 63.6 Å². The lowest BCUT2D eigenvalue weighted by molar-refractivity contribution is -0.120. The number of amides is 1. The zero-order valence-electron chi connectivity index (χ0n) is 14.3. The number of carbonyl (C=O) groups is 2. The lowest BCUT2D eigenvalue weighted by Crippen LogP contribution is -2.39. The van der Waals surface area contributed by atoms with Gasteiger partial charge in [-0.05, 0) is 62.9 Å². The van der Waals surface area contributed by atoms with Crippen molar-refractivity contribution in [3.63, 3.8) is 0 Å². The van der Waals surface area contributed by atoms with E-state index in [9.17, 15) is 9.59 Å². The van der Waals surface area contributed by atoms with Crippen LogP contribution in [0.2, 0.25) is 10.0 Å². The predicted octanol–water partition coefficient (Wildman–Crippen LogP) is 4.66. The molecule has 0 saturated carbocycles. The van der Waals surface area contributed by atoms with Gasteiger partial charge in [0.25, 0.3) is 0 Å². The van der Waals surface area contributed by atoms with Crippen LogP contribution < -0.4 is 5.32 Å². The van der Waals surface area contributed by atoms with Gasteiger partial charge in [0.1, 0.15) is 0 Å². The molecule has 0 bridgehead atoms. The summed E-state index contributed by atoms with van der Waals surface area (Å²) >= 11 is 11.9. The van der Waals surface area contributed by atoms with Crippen LogP contribution in [0.15, 0.2) is 42.5 Å². The normalized spacial score (nSPS) is 12.1. The fourth-order valence-electron chi connectivity index (χ4n) is 2.30. The van der Waals surface area contributed by atoms with Crippen molar-refractivity contribution in [3.8, 4) is 0 Å². The number of benzene rings is 2. The Balaban J connectivity index is 1.98. The monoisotopic (exact) mass is 378 g/mol. The topological polar surface area (TPSA) is 49.4 Å². The summed E-state index contributed by atoms with van der Waals surface area (Å²) in [5.41, 5.74) is 2.25. The van der Waals surface area contributed by atoms with E-state index in [2.05, 4.69) is 5.32 Å². The Morgan fingerprint density at radius 2 is 1.72 bits per heavy atom. The maximum atomic E-state index is 12.4. The molecule has 2 rings (SSSR count). The second-order valence-electron chi connectivity index (χ2n) is 5.96. The summed E-state index contributed by atoms with van der Waals surface area (Å²) in [4.78, 5) is 25.6. The largest absolute Gasteiger partial charge is 0.325 e. The SMILES string of the molecule is CC(=O)c1ccc(NC(=O)C(C)N(C)Cc2ccc(Cl)c(Cl)c2)cc1. The second-order valence-corrected chi connectivity index (χ2v) is 6.78. The van der Waals surface area contributed by atoms with E-state index in [0.29, 0.717) is 27.8 Å². The molecule has 6 heteroatoms. The van der Waals surface area contributed by atoms with E-state index >= 15 is 0 Å². The van der Waals surface area contributed by atoms with Crippen LogP contribution in [0.4, 0.5) is 5.69 Å². The van der Waals surface area contributed by atoms with Crippen LogP contribution in [0, 0.1) is 0 Å². The van der Waals surface area contributed by atoms with Crippen molar-refractivity contribution in [1.82, 2.24) is 4.90 Å². The van der Waals surface area contributed by atoms with Gasteiger partial charge >= 0.3 is 0 Å². The molecule has 25 heavy (non-hydrogen) atoms. The van der Waals surface area contributed by atoms with E-state index in [4.69, 9.17) is 23.2 Å².